The number of nitrogens with one attached hydrogen (secondary N) is 1. The van der Waals surface area contributed by atoms with Crippen LogP contribution in [0.25, 0.3) is 0 Å². The van der Waals surface area contributed by atoms with E-state index in [1.54, 1.807) is 24.3 Å². The second-order valence-corrected chi connectivity index (χ2v) is 6.06. The molecule has 0 bridgehead atoms. The molecule has 4 aromatic rings. The molecule has 1 heterocycles. The van der Waals surface area contributed by atoms with Crippen LogP contribution in [-0.4, -0.2) is 15.9 Å². The molecule has 0 saturated carbocycles. The second-order valence-electron chi connectivity index (χ2n) is 6.06. The summed E-state index contributed by atoms with van der Waals surface area (Å²) in [5.41, 5.74) is 0.968. The molecule has 1 aromatic heterocycles. The van der Waals surface area contributed by atoms with Crippen molar-refractivity contribution in [2.24, 2.45) is 0 Å². The molecule has 0 unspecified atom stereocenters. The highest BCUT2D eigenvalue weighted by molar-refractivity contribution is 6.04. The Morgan fingerprint density at radius 2 is 1.17 bits per heavy atom. The second kappa shape index (κ2) is 8.67. The maximum Gasteiger partial charge on any atom is 0.322 e. The molecule has 1 N–H and O–H groups in total. The highest BCUT2D eigenvalue weighted by Gasteiger charge is 2.08. The largest absolute Gasteiger partial charge is 0.457 e. The van der Waals surface area contributed by atoms with Gasteiger partial charge in [0.05, 0.1) is 18.1 Å². The third-order valence-electron chi connectivity index (χ3n) is 3.93. The zero-order chi connectivity index (χ0) is 19.9. The first kappa shape index (κ1) is 18.2. The van der Waals surface area contributed by atoms with E-state index in [2.05, 4.69) is 15.3 Å². The summed E-state index contributed by atoms with van der Waals surface area (Å²) < 4.78 is 11.3. The molecule has 29 heavy (non-hydrogen) atoms. The number of nitrogens with zero attached hydrogens (tertiary/aromatic N) is 2. The Labute approximate surface area is 167 Å². The van der Waals surface area contributed by atoms with E-state index in [4.69, 9.17) is 9.47 Å². The zero-order valence-electron chi connectivity index (χ0n) is 15.4. The van der Waals surface area contributed by atoms with E-state index >= 15 is 0 Å². The van der Waals surface area contributed by atoms with Gasteiger partial charge in [-0.15, -0.1) is 0 Å². The molecule has 0 saturated heterocycles. The molecular formula is C23H17N3O3. The van der Waals surface area contributed by atoms with E-state index < -0.39 is 0 Å². The number of para-hydroxylation sites is 2. The van der Waals surface area contributed by atoms with Gasteiger partial charge in [0, 0.05) is 5.56 Å². The topological polar surface area (TPSA) is 73.3 Å². The Morgan fingerprint density at radius 1 is 0.655 bits per heavy atom. The van der Waals surface area contributed by atoms with Crippen molar-refractivity contribution >= 4 is 11.6 Å². The third-order valence-corrected chi connectivity index (χ3v) is 3.93. The van der Waals surface area contributed by atoms with E-state index in [1.807, 2.05) is 60.7 Å². The lowest BCUT2D eigenvalue weighted by molar-refractivity contribution is 0.102. The monoisotopic (exact) mass is 383 g/mol. The van der Waals surface area contributed by atoms with Crippen LogP contribution in [0, 0.1) is 0 Å². The molecule has 0 aliphatic rings. The third kappa shape index (κ3) is 4.95. The van der Waals surface area contributed by atoms with E-state index in [9.17, 15) is 4.79 Å². The van der Waals surface area contributed by atoms with Gasteiger partial charge in [-0.2, -0.15) is 0 Å². The van der Waals surface area contributed by atoms with Crippen LogP contribution in [0.4, 0.5) is 5.69 Å². The minimum Gasteiger partial charge on any atom is -0.457 e. The molecule has 6 heteroatoms. The van der Waals surface area contributed by atoms with Crippen LogP contribution in [0.5, 0.6) is 23.3 Å². The highest BCUT2D eigenvalue weighted by Crippen LogP contribution is 2.22. The first-order valence-corrected chi connectivity index (χ1v) is 8.95. The molecule has 1 amide bonds. The van der Waals surface area contributed by atoms with Gasteiger partial charge in [-0.05, 0) is 48.5 Å². The smallest absolute Gasteiger partial charge is 0.322 e. The van der Waals surface area contributed by atoms with Crippen LogP contribution >= 0.6 is 0 Å². The van der Waals surface area contributed by atoms with Gasteiger partial charge >= 0.3 is 6.01 Å². The van der Waals surface area contributed by atoms with Crippen LogP contribution in [-0.2, 0) is 0 Å². The first-order valence-electron chi connectivity index (χ1n) is 8.95. The molecule has 0 fully saturated rings. The predicted molar refractivity (Wildman–Crippen MR) is 109 cm³/mol. The first-order chi connectivity index (χ1) is 14.3. The number of ether oxygens (including phenoxy) is 2. The van der Waals surface area contributed by atoms with Crippen molar-refractivity contribution in [3.05, 3.63) is 103 Å². The van der Waals surface area contributed by atoms with Gasteiger partial charge in [-0.3, -0.25) is 4.79 Å². The van der Waals surface area contributed by atoms with Gasteiger partial charge in [-0.1, -0.05) is 36.4 Å². The van der Waals surface area contributed by atoms with Gasteiger partial charge in [-0.25, -0.2) is 9.97 Å². The lowest BCUT2D eigenvalue weighted by atomic mass is 10.2. The molecule has 3 aromatic carbocycles. The summed E-state index contributed by atoms with van der Waals surface area (Å²) >= 11 is 0. The van der Waals surface area contributed by atoms with Crippen LogP contribution < -0.4 is 14.8 Å². The van der Waals surface area contributed by atoms with Crippen molar-refractivity contribution in [1.82, 2.24) is 9.97 Å². The van der Waals surface area contributed by atoms with Crippen LogP contribution in [0.2, 0.25) is 0 Å². The molecule has 0 atom stereocenters. The summed E-state index contributed by atoms with van der Waals surface area (Å²) in [5.74, 6) is 1.76. The Morgan fingerprint density at radius 3 is 1.76 bits per heavy atom. The molecule has 4 rings (SSSR count). The molecule has 0 radical (unpaired) electrons. The summed E-state index contributed by atoms with van der Waals surface area (Å²) in [7, 11) is 0. The van der Waals surface area contributed by atoms with Crippen LogP contribution in [0.3, 0.4) is 0 Å². The molecule has 0 aliphatic carbocycles. The Balaban J connectivity index is 1.36. The number of amides is 1. The normalized spacial score (nSPS) is 10.2. The maximum atomic E-state index is 12.4. The van der Waals surface area contributed by atoms with Gasteiger partial charge in [0.1, 0.15) is 17.2 Å². The predicted octanol–water partition coefficient (Wildman–Crippen LogP) is 5.31. The summed E-state index contributed by atoms with van der Waals surface area (Å²) in [5, 5.41) is 2.76. The average Bonchev–Trinajstić information content (AvgIpc) is 2.77. The number of aromatic nitrogens is 2. The lowest BCUT2D eigenvalue weighted by Crippen LogP contribution is -2.12. The molecule has 0 aliphatic heterocycles. The summed E-state index contributed by atoms with van der Waals surface area (Å²) in [6.45, 7) is 0. The Bertz CT molecular complexity index is 1070. The standard InChI is InChI=1S/C23H17N3O3/c27-22(17-11-13-21(14-12-17)28-19-7-3-1-4-8-19)26-18-15-24-23(25-16-18)29-20-9-5-2-6-10-20/h1-16H,(H,26,27). The zero-order valence-corrected chi connectivity index (χ0v) is 15.4. The number of carbonyl (C=O) groups is 1. The van der Waals surface area contributed by atoms with Crippen molar-refractivity contribution in [3.8, 4) is 23.3 Å². The highest BCUT2D eigenvalue weighted by atomic mass is 16.5. The number of hydrogen-bond acceptors (Lipinski definition) is 5. The summed E-state index contributed by atoms with van der Waals surface area (Å²) in [6.07, 6.45) is 2.99. The molecular weight excluding hydrogens is 366 g/mol. The molecule has 0 spiro atoms. The van der Waals surface area contributed by atoms with E-state index in [0.29, 0.717) is 22.7 Å². The number of anilines is 1. The van der Waals surface area contributed by atoms with Crippen LogP contribution in [0.15, 0.2) is 97.3 Å². The van der Waals surface area contributed by atoms with Crippen molar-refractivity contribution < 1.29 is 14.3 Å². The number of hydrogen-bond donors (Lipinski definition) is 1. The quantitative estimate of drug-likeness (QED) is 0.488. The lowest BCUT2D eigenvalue weighted by Gasteiger charge is -2.08. The minimum absolute atomic E-state index is 0.205. The Kier molecular flexibility index (Phi) is 5.43. The number of carbonyl (C=O) groups excluding carboxylic acids is 1. The van der Waals surface area contributed by atoms with Crippen molar-refractivity contribution in [3.63, 3.8) is 0 Å². The maximum absolute atomic E-state index is 12.4. The fourth-order valence-corrected chi connectivity index (χ4v) is 2.53. The fourth-order valence-electron chi connectivity index (χ4n) is 2.53. The van der Waals surface area contributed by atoms with E-state index in [-0.39, 0.29) is 11.9 Å². The van der Waals surface area contributed by atoms with Crippen LogP contribution in [0.1, 0.15) is 10.4 Å². The molecule has 142 valence electrons. The van der Waals surface area contributed by atoms with Gasteiger partial charge in [0.15, 0.2) is 0 Å². The average molecular weight is 383 g/mol. The molecule has 6 nitrogen and oxygen atoms in total. The Hall–Kier alpha value is -4.19. The van der Waals surface area contributed by atoms with Gasteiger partial charge < -0.3 is 14.8 Å². The van der Waals surface area contributed by atoms with Gasteiger partial charge in [0.2, 0.25) is 0 Å². The van der Waals surface area contributed by atoms with Crippen molar-refractivity contribution in [2.45, 2.75) is 0 Å². The summed E-state index contributed by atoms with van der Waals surface area (Å²) in [6, 6.07) is 25.8. The summed E-state index contributed by atoms with van der Waals surface area (Å²) in [4.78, 5) is 20.6. The fraction of sp³-hybridized carbons (Fsp3) is 0. The number of benzene rings is 3. The van der Waals surface area contributed by atoms with Gasteiger partial charge in [0.25, 0.3) is 5.91 Å². The van der Waals surface area contributed by atoms with E-state index in [1.165, 1.54) is 12.4 Å². The minimum atomic E-state index is -0.267. The van der Waals surface area contributed by atoms with E-state index in [0.717, 1.165) is 5.75 Å². The van der Waals surface area contributed by atoms with Crippen molar-refractivity contribution in [2.75, 3.05) is 5.32 Å². The van der Waals surface area contributed by atoms with Crippen molar-refractivity contribution in [1.29, 1.82) is 0 Å². The SMILES string of the molecule is O=C(Nc1cnc(Oc2ccccc2)nc1)c1ccc(Oc2ccccc2)cc1. The number of rotatable bonds is 6.